The van der Waals surface area contributed by atoms with Gasteiger partial charge in [0.15, 0.2) is 6.00 Å². The SMILES string of the molecule is CCCCCC[N+](C)(C)CCl.[Cl-]. The van der Waals surface area contributed by atoms with Gasteiger partial charge in [-0.3, -0.25) is 0 Å². The molecule has 0 spiro atoms. The third kappa shape index (κ3) is 8.63. The van der Waals surface area contributed by atoms with Gasteiger partial charge in [-0.2, -0.15) is 0 Å². The Morgan fingerprint density at radius 2 is 1.67 bits per heavy atom. The maximum Gasteiger partial charge on any atom is 0.154 e. The highest BCUT2D eigenvalue weighted by Gasteiger charge is 2.10. The van der Waals surface area contributed by atoms with E-state index in [1.165, 1.54) is 32.2 Å². The highest BCUT2D eigenvalue weighted by Crippen LogP contribution is 2.05. The Bertz CT molecular complexity index is 94.5. The van der Waals surface area contributed by atoms with Crippen molar-refractivity contribution < 1.29 is 16.9 Å². The molecule has 0 bridgehead atoms. The quantitative estimate of drug-likeness (QED) is 0.249. The summed E-state index contributed by atoms with van der Waals surface area (Å²) in [7, 11) is 4.36. The zero-order valence-corrected chi connectivity index (χ0v) is 9.96. The van der Waals surface area contributed by atoms with E-state index in [1.54, 1.807) is 0 Å². The van der Waals surface area contributed by atoms with Crippen LogP contribution in [0.15, 0.2) is 0 Å². The fourth-order valence-electron chi connectivity index (χ4n) is 1.03. The second-order valence-corrected chi connectivity index (χ2v) is 4.08. The zero-order chi connectivity index (χ0) is 8.74. The predicted molar refractivity (Wildman–Crippen MR) is 51.8 cm³/mol. The monoisotopic (exact) mass is 213 g/mol. The predicted octanol–water partition coefficient (Wildman–Crippen LogP) is -0.157. The lowest BCUT2D eigenvalue weighted by atomic mass is 10.2. The molecular formula is C9H21Cl2N. The Kier molecular flexibility index (Phi) is 10.2. The average Bonchev–Trinajstić information content (AvgIpc) is 1.99. The molecule has 0 aliphatic heterocycles. The van der Waals surface area contributed by atoms with Gasteiger partial charge in [0.25, 0.3) is 0 Å². The van der Waals surface area contributed by atoms with Crippen LogP contribution in [0.5, 0.6) is 0 Å². The number of nitrogens with zero attached hydrogens (tertiary/aromatic N) is 1. The van der Waals surface area contributed by atoms with E-state index in [0.29, 0.717) is 0 Å². The minimum Gasteiger partial charge on any atom is -1.00 e. The lowest BCUT2D eigenvalue weighted by molar-refractivity contribution is -0.879. The van der Waals surface area contributed by atoms with Crippen LogP contribution in [0.2, 0.25) is 0 Å². The fourth-order valence-corrected chi connectivity index (χ4v) is 1.15. The number of unbranched alkanes of at least 4 members (excludes halogenated alkanes) is 3. The summed E-state index contributed by atoms with van der Waals surface area (Å²) in [6, 6.07) is 0.728. The van der Waals surface area contributed by atoms with Gasteiger partial charge in [0.2, 0.25) is 0 Å². The van der Waals surface area contributed by atoms with Crippen LogP contribution < -0.4 is 12.4 Å². The molecule has 0 amide bonds. The molecule has 12 heavy (non-hydrogen) atoms. The van der Waals surface area contributed by atoms with Gasteiger partial charge >= 0.3 is 0 Å². The second-order valence-electron chi connectivity index (χ2n) is 3.84. The van der Waals surface area contributed by atoms with Crippen molar-refractivity contribution in [3.8, 4) is 0 Å². The Balaban J connectivity index is 0. The Hall–Kier alpha value is 0.540. The van der Waals surface area contributed by atoms with Crippen LogP contribution in [0, 0.1) is 0 Å². The molecule has 0 saturated carbocycles. The minimum atomic E-state index is 0. The zero-order valence-electron chi connectivity index (χ0n) is 8.45. The third-order valence-corrected chi connectivity index (χ3v) is 2.59. The molecule has 0 unspecified atom stereocenters. The summed E-state index contributed by atoms with van der Waals surface area (Å²) in [6.07, 6.45) is 5.35. The van der Waals surface area contributed by atoms with Gasteiger partial charge < -0.3 is 16.9 Å². The van der Waals surface area contributed by atoms with Crippen LogP contribution in [0.1, 0.15) is 32.6 Å². The smallest absolute Gasteiger partial charge is 0.154 e. The molecule has 0 aliphatic rings. The molecule has 0 fully saturated rings. The van der Waals surface area contributed by atoms with Crippen LogP contribution in [0.25, 0.3) is 0 Å². The van der Waals surface area contributed by atoms with Crippen molar-refractivity contribution in [2.45, 2.75) is 32.6 Å². The first-order valence-electron chi connectivity index (χ1n) is 4.50. The molecule has 0 radical (unpaired) electrons. The summed E-state index contributed by atoms with van der Waals surface area (Å²) in [4.78, 5) is 0. The standard InChI is InChI=1S/C9H21ClN.ClH/c1-4-5-6-7-8-11(2,3)9-10;/h4-9H2,1-3H3;1H/q+1;/p-1. The lowest BCUT2D eigenvalue weighted by Crippen LogP contribution is -3.00. The molecule has 0 rings (SSSR count). The molecule has 0 atom stereocenters. The first-order chi connectivity index (χ1) is 5.12. The molecule has 0 saturated heterocycles. The molecule has 0 aromatic heterocycles. The highest BCUT2D eigenvalue weighted by atomic mass is 35.5. The molecule has 0 aromatic rings. The summed E-state index contributed by atoms with van der Waals surface area (Å²) >= 11 is 5.78. The van der Waals surface area contributed by atoms with E-state index in [-0.39, 0.29) is 12.4 Å². The van der Waals surface area contributed by atoms with E-state index >= 15 is 0 Å². The number of rotatable bonds is 6. The molecule has 76 valence electrons. The third-order valence-electron chi connectivity index (χ3n) is 1.94. The van der Waals surface area contributed by atoms with Crippen molar-refractivity contribution in [2.75, 3.05) is 26.6 Å². The normalized spacial score (nSPS) is 11.0. The second kappa shape index (κ2) is 8.15. The van der Waals surface area contributed by atoms with E-state index in [4.69, 9.17) is 11.6 Å². The Morgan fingerprint density at radius 1 is 1.08 bits per heavy atom. The first kappa shape index (κ1) is 15.0. The molecule has 0 aliphatic carbocycles. The summed E-state index contributed by atoms with van der Waals surface area (Å²) in [6.45, 7) is 3.45. The molecule has 0 N–H and O–H groups in total. The van der Waals surface area contributed by atoms with Crippen molar-refractivity contribution in [3.63, 3.8) is 0 Å². The van der Waals surface area contributed by atoms with E-state index < -0.39 is 0 Å². The lowest BCUT2D eigenvalue weighted by Gasteiger charge is -2.26. The van der Waals surface area contributed by atoms with Crippen molar-refractivity contribution in [2.24, 2.45) is 0 Å². The molecular weight excluding hydrogens is 193 g/mol. The topological polar surface area (TPSA) is 0 Å². The maximum absolute atomic E-state index is 5.78. The molecule has 0 aromatic carbocycles. The molecule has 1 nitrogen and oxygen atoms in total. The number of hydrogen-bond donors (Lipinski definition) is 0. The Labute approximate surface area is 88.1 Å². The summed E-state index contributed by atoms with van der Waals surface area (Å²) < 4.78 is 0.950. The van der Waals surface area contributed by atoms with Crippen molar-refractivity contribution in [1.29, 1.82) is 0 Å². The fraction of sp³-hybridized carbons (Fsp3) is 1.00. The summed E-state index contributed by atoms with van der Waals surface area (Å²) in [5, 5.41) is 0. The number of quaternary nitrogens is 1. The van der Waals surface area contributed by atoms with Crippen LogP contribution in [0.4, 0.5) is 0 Å². The van der Waals surface area contributed by atoms with Crippen molar-refractivity contribution >= 4 is 11.6 Å². The van der Waals surface area contributed by atoms with Crippen molar-refractivity contribution in [1.82, 2.24) is 0 Å². The van der Waals surface area contributed by atoms with Gasteiger partial charge in [-0.25, -0.2) is 0 Å². The van der Waals surface area contributed by atoms with Crippen LogP contribution in [-0.2, 0) is 0 Å². The minimum absolute atomic E-state index is 0. The maximum atomic E-state index is 5.78. The summed E-state index contributed by atoms with van der Waals surface area (Å²) in [5.74, 6) is 0. The van der Waals surface area contributed by atoms with Gasteiger partial charge in [0, 0.05) is 0 Å². The van der Waals surface area contributed by atoms with Crippen LogP contribution >= 0.6 is 11.6 Å². The largest absolute Gasteiger partial charge is 1.00 e. The average molecular weight is 214 g/mol. The molecule has 0 heterocycles. The van der Waals surface area contributed by atoms with Gasteiger partial charge in [0.05, 0.1) is 20.6 Å². The van der Waals surface area contributed by atoms with Gasteiger partial charge in [-0.1, -0.05) is 31.4 Å². The van der Waals surface area contributed by atoms with Crippen LogP contribution in [-0.4, -0.2) is 31.1 Å². The van der Waals surface area contributed by atoms with Gasteiger partial charge in [0.1, 0.15) is 0 Å². The van der Waals surface area contributed by atoms with E-state index in [0.717, 1.165) is 10.5 Å². The number of halogens is 2. The first-order valence-corrected chi connectivity index (χ1v) is 5.04. The van der Waals surface area contributed by atoms with E-state index in [9.17, 15) is 0 Å². The number of alkyl halides is 1. The number of hydrogen-bond acceptors (Lipinski definition) is 0. The summed E-state index contributed by atoms with van der Waals surface area (Å²) in [5.41, 5.74) is 0. The van der Waals surface area contributed by atoms with Crippen molar-refractivity contribution in [3.05, 3.63) is 0 Å². The van der Waals surface area contributed by atoms with Gasteiger partial charge in [-0.15, -0.1) is 0 Å². The van der Waals surface area contributed by atoms with E-state index in [2.05, 4.69) is 21.0 Å². The van der Waals surface area contributed by atoms with Crippen LogP contribution in [0.3, 0.4) is 0 Å². The Morgan fingerprint density at radius 3 is 2.08 bits per heavy atom. The van der Waals surface area contributed by atoms with E-state index in [1.807, 2.05) is 0 Å². The highest BCUT2D eigenvalue weighted by molar-refractivity contribution is 6.16. The van der Waals surface area contributed by atoms with Gasteiger partial charge in [-0.05, 0) is 12.8 Å². The molecule has 3 heteroatoms.